The van der Waals surface area contributed by atoms with Crippen LogP contribution in [0, 0.1) is 5.92 Å². The Hall–Kier alpha value is -2.15. The second-order valence-electron chi connectivity index (χ2n) is 8.22. The molecule has 2 aromatic rings. The molecule has 0 spiro atoms. The van der Waals surface area contributed by atoms with Crippen molar-refractivity contribution in [3.63, 3.8) is 0 Å². The molecule has 0 aliphatic carbocycles. The number of anilines is 1. The summed E-state index contributed by atoms with van der Waals surface area (Å²) in [6.07, 6.45) is 6.20. The van der Waals surface area contributed by atoms with Gasteiger partial charge in [-0.1, -0.05) is 29.6 Å². The second-order valence-corrected chi connectivity index (χ2v) is 8.96. The fourth-order valence-corrected chi connectivity index (χ4v) is 5.06. The summed E-state index contributed by atoms with van der Waals surface area (Å²) < 4.78 is 0. The van der Waals surface area contributed by atoms with Crippen LogP contribution < -0.4 is 10.6 Å². The maximum Gasteiger partial charge on any atom is 0.258 e. The second kappa shape index (κ2) is 9.98. The number of amides is 2. The first-order chi connectivity index (χ1) is 15.0. The van der Waals surface area contributed by atoms with E-state index < -0.39 is 0 Å². The third kappa shape index (κ3) is 5.37. The minimum absolute atomic E-state index is 0.0419. The summed E-state index contributed by atoms with van der Waals surface area (Å²) in [7, 11) is 0. The number of carbonyl (C=O) groups is 2. The van der Waals surface area contributed by atoms with E-state index in [0.29, 0.717) is 29.8 Å². The van der Waals surface area contributed by atoms with Crippen LogP contribution in [0.25, 0.3) is 0 Å². The average Bonchev–Trinajstić information content (AvgIpc) is 2.78. The summed E-state index contributed by atoms with van der Waals surface area (Å²) in [4.78, 5) is 31.5. The Kier molecular flexibility index (Phi) is 7.10. The van der Waals surface area contributed by atoms with Gasteiger partial charge in [0, 0.05) is 23.8 Å². The molecule has 2 saturated heterocycles. The van der Waals surface area contributed by atoms with Gasteiger partial charge in [-0.3, -0.25) is 9.59 Å². The van der Waals surface area contributed by atoms with Gasteiger partial charge >= 0.3 is 0 Å². The maximum absolute atomic E-state index is 12.6. The molecule has 2 fully saturated rings. The summed E-state index contributed by atoms with van der Waals surface area (Å²) in [5.74, 6) is 0.0470. The number of pyridine rings is 1. The average molecular weight is 461 g/mol. The molecule has 8 heteroatoms. The molecular formula is C23H26Cl2N4O2. The van der Waals surface area contributed by atoms with Crippen LogP contribution in [0.5, 0.6) is 0 Å². The van der Waals surface area contributed by atoms with Crippen LogP contribution in [0.15, 0.2) is 36.4 Å². The Bertz CT molecular complexity index is 949. The number of halogens is 2. The van der Waals surface area contributed by atoms with Gasteiger partial charge in [0.15, 0.2) is 0 Å². The number of fused-ring (bicyclic) bond motifs is 1. The lowest BCUT2D eigenvalue weighted by molar-refractivity contribution is 0.0575. The van der Waals surface area contributed by atoms with Gasteiger partial charge in [-0.2, -0.15) is 0 Å². The first-order valence-corrected chi connectivity index (χ1v) is 11.5. The van der Waals surface area contributed by atoms with Crippen molar-refractivity contribution in [3.8, 4) is 0 Å². The summed E-state index contributed by atoms with van der Waals surface area (Å²) in [6, 6.07) is 10.5. The molecule has 31 heavy (non-hydrogen) atoms. The number of hydrogen-bond acceptors (Lipinski definition) is 4. The Morgan fingerprint density at radius 3 is 2.52 bits per heavy atom. The van der Waals surface area contributed by atoms with Crippen LogP contribution in [0.4, 0.5) is 5.69 Å². The molecule has 1 aromatic heterocycles. The van der Waals surface area contributed by atoms with E-state index in [1.807, 2.05) is 0 Å². The molecule has 3 heterocycles. The van der Waals surface area contributed by atoms with Crippen molar-refractivity contribution < 1.29 is 9.59 Å². The van der Waals surface area contributed by atoms with Crippen LogP contribution in [-0.2, 0) is 0 Å². The van der Waals surface area contributed by atoms with Gasteiger partial charge in [0.1, 0.15) is 10.3 Å². The number of nitrogens with zero attached hydrogens (tertiary/aromatic N) is 2. The standard InChI is InChI=1S/C23H26Cl2N4O2/c24-20-11-10-18(21(25)28-20)23(31)27-17-8-6-15(7-9-17)22(30)26-14-16-4-3-13-29-12-2-1-5-19(16)29/h6-11,16,19H,1-5,12-14H2,(H,26,30)(H,27,31)/t16-,19-/m1/s1. The summed E-state index contributed by atoms with van der Waals surface area (Å²) in [5, 5.41) is 6.13. The quantitative estimate of drug-likeness (QED) is 0.637. The molecule has 0 unspecified atom stereocenters. The van der Waals surface area contributed by atoms with Crippen molar-refractivity contribution in [1.82, 2.24) is 15.2 Å². The van der Waals surface area contributed by atoms with Crippen molar-refractivity contribution in [2.75, 3.05) is 25.0 Å². The number of hydrogen-bond donors (Lipinski definition) is 2. The first kappa shape index (κ1) is 22.1. The van der Waals surface area contributed by atoms with Crippen molar-refractivity contribution in [2.24, 2.45) is 5.92 Å². The van der Waals surface area contributed by atoms with Crippen molar-refractivity contribution >= 4 is 40.7 Å². The van der Waals surface area contributed by atoms with Gasteiger partial charge in [-0.25, -0.2) is 4.98 Å². The van der Waals surface area contributed by atoms with E-state index in [2.05, 4.69) is 20.5 Å². The molecule has 6 nitrogen and oxygen atoms in total. The van der Waals surface area contributed by atoms with E-state index in [0.717, 1.165) is 0 Å². The lowest BCUT2D eigenvalue weighted by Gasteiger charge is -2.44. The largest absolute Gasteiger partial charge is 0.352 e. The lowest BCUT2D eigenvalue weighted by Crippen LogP contribution is -2.51. The highest BCUT2D eigenvalue weighted by atomic mass is 35.5. The molecule has 0 saturated carbocycles. The number of nitrogens with one attached hydrogen (secondary N) is 2. The third-order valence-corrected chi connectivity index (χ3v) is 6.72. The van der Waals surface area contributed by atoms with Gasteiger partial charge in [-0.15, -0.1) is 0 Å². The van der Waals surface area contributed by atoms with Crippen molar-refractivity contribution in [1.29, 1.82) is 0 Å². The molecule has 164 valence electrons. The zero-order valence-corrected chi connectivity index (χ0v) is 18.8. The van der Waals surface area contributed by atoms with Crippen LogP contribution in [0.2, 0.25) is 10.3 Å². The van der Waals surface area contributed by atoms with Gasteiger partial charge in [0.25, 0.3) is 11.8 Å². The highest BCUT2D eigenvalue weighted by Gasteiger charge is 2.32. The fourth-order valence-electron chi connectivity index (χ4n) is 4.63. The monoisotopic (exact) mass is 460 g/mol. The number of benzene rings is 1. The van der Waals surface area contributed by atoms with Gasteiger partial charge in [-0.05, 0) is 81.1 Å². The molecule has 0 bridgehead atoms. The molecule has 2 aliphatic rings. The molecule has 2 amide bonds. The van der Waals surface area contributed by atoms with E-state index in [-0.39, 0.29) is 27.7 Å². The smallest absolute Gasteiger partial charge is 0.258 e. The predicted molar refractivity (Wildman–Crippen MR) is 123 cm³/mol. The first-order valence-electron chi connectivity index (χ1n) is 10.8. The highest BCUT2D eigenvalue weighted by molar-refractivity contribution is 6.35. The third-order valence-electron chi connectivity index (χ3n) is 6.22. The van der Waals surface area contributed by atoms with Gasteiger partial charge in [0.2, 0.25) is 0 Å². The van der Waals surface area contributed by atoms with Crippen LogP contribution in [-0.4, -0.2) is 47.4 Å². The summed E-state index contributed by atoms with van der Waals surface area (Å²) in [6.45, 7) is 3.10. The number of piperidine rings is 2. The minimum Gasteiger partial charge on any atom is -0.352 e. The number of rotatable bonds is 5. The zero-order valence-electron chi connectivity index (χ0n) is 17.2. The maximum atomic E-state index is 12.6. The summed E-state index contributed by atoms with van der Waals surface area (Å²) >= 11 is 11.8. The molecule has 2 aliphatic heterocycles. The van der Waals surface area contributed by atoms with Gasteiger partial charge in [0.05, 0.1) is 5.56 Å². The van der Waals surface area contributed by atoms with E-state index in [9.17, 15) is 9.59 Å². The Morgan fingerprint density at radius 2 is 1.74 bits per heavy atom. The van der Waals surface area contributed by atoms with E-state index >= 15 is 0 Å². The molecule has 2 atom stereocenters. The predicted octanol–water partition coefficient (Wildman–Crippen LogP) is 4.64. The molecule has 4 rings (SSSR count). The topological polar surface area (TPSA) is 74.3 Å². The zero-order chi connectivity index (χ0) is 21.8. The molecule has 0 radical (unpaired) electrons. The highest BCUT2D eigenvalue weighted by Crippen LogP contribution is 2.30. The number of aromatic nitrogens is 1. The van der Waals surface area contributed by atoms with E-state index in [4.69, 9.17) is 23.2 Å². The Balaban J connectivity index is 1.32. The molecular weight excluding hydrogens is 435 g/mol. The fraction of sp³-hybridized carbons (Fsp3) is 0.435. The van der Waals surface area contributed by atoms with Crippen LogP contribution in [0.3, 0.4) is 0 Å². The SMILES string of the molecule is O=C(NC[C@H]1CCCN2CCCC[C@H]12)c1ccc(NC(=O)c2ccc(Cl)nc2Cl)cc1. The molecule has 2 N–H and O–H groups in total. The lowest BCUT2D eigenvalue weighted by atomic mass is 9.83. The minimum atomic E-state index is -0.388. The molecule has 1 aromatic carbocycles. The van der Waals surface area contributed by atoms with Crippen molar-refractivity contribution in [2.45, 2.75) is 38.1 Å². The Morgan fingerprint density at radius 1 is 0.968 bits per heavy atom. The number of carbonyl (C=O) groups excluding carboxylic acids is 2. The summed E-state index contributed by atoms with van der Waals surface area (Å²) in [5.41, 5.74) is 1.37. The van der Waals surface area contributed by atoms with E-state index in [1.165, 1.54) is 57.3 Å². The Labute approximate surface area is 192 Å². The van der Waals surface area contributed by atoms with Crippen LogP contribution in [0.1, 0.15) is 52.8 Å². The van der Waals surface area contributed by atoms with Crippen LogP contribution >= 0.6 is 23.2 Å². The normalized spacial score (nSPS) is 21.2. The van der Waals surface area contributed by atoms with Gasteiger partial charge < -0.3 is 15.5 Å². The van der Waals surface area contributed by atoms with E-state index in [1.54, 1.807) is 24.3 Å². The van der Waals surface area contributed by atoms with Crippen molar-refractivity contribution in [3.05, 3.63) is 57.8 Å².